The Morgan fingerprint density at radius 1 is 0.851 bits per heavy atom. The average molecular weight is 951 g/mol. The van der Waals surface area contributed by atoms with Crippen molar-refractivity contribution in [3.63, 3.8) is 0 Å². The molecule has 0 radical (unpaired) electrons. The molecular weight excluding hydrogens is 877 g/mol. The Morgan fingerprint density at radius 3 is 2.30 bits per heavy atom. The van der Waals surface area contributed by atoms with Crippen molar-refractivity contribution in [3.05, 3.63) is 83.4 Å². The zero-order valence-corrected chi connectivity index (χ0v) is 41.6. The van der Waals surface area contributed by atoms with Crippen LogP contribution in [0.3, 0.4) is 0 Å². The SMILES string of the molecule is C[C@@H]1CC[C@@H](O)[C@@]23[C@@H](O)CC[C@@]4(C)[C@H]5CCC[C@@H]5NN[C@@]5(C[C@](C)(C#CC[C@]6(C[C@@H](Cc7ccccc7)CC[C@H]6CSSC[C@H](Cc6ccccc6)C1)C(=O)O5)[C@]2(O)CCC1=CC(=O)OC1)[C@@H]43. The molecule has 8 aliphatic rings. The number of hydrogen-bond acceptors (Lipinski definition) is 11. The second-order valence-electron chi connectivity index (χ2n) is 23.1. The highest BCUT2D eigenvalue weighted by Gasteiger charge is 2.82. The van der Waals surface area contributed by atoms with Gasteiger partial charge in [0.05, 0.1) is 34.1 Å². The van der Waals surface area contributed by atoms with Crippen molar-refractivity contribution in [2.45, 2.75) is 160 Å². The Labute approximate surface area is 406 Å². The number of ether oxygens (including phenoxy) is 2. The summed E-state index contributed by atoms with van der Waals surface area (Å²) in [5, 5.41) is 41.6. The third-order valence-corrected chi connectivity index (χ3v) is 21.8. The van der Waals surface area contributed by atoms with Gasteiger partial charge in [-0.3, -0.25) is 10.2 Å². The van der Waals surface area contributed by atoms with Crippen LogP contribution in [0.15, 0.2) is 72.3 Å². The lowest BCUT2D eigenvalue weighted by molar-refractivity contribution is -0.363. The van der Waals surface area contributed by atoms with Crippen molar-refractivity contribution in [1.29, 1.82) is 0 Å². The quantitative estimate of drug-likeness (QED) is 0.103. The number of nitrogens with one attached hydrogen (secondary N) is 2. The first-order valence-electron chi connectivity index (χ1n) is 25.8. The Bertz CT molecular complexity index is 2240. The van der Waals surface area contributed by atoms with Gasteiger partial charge in [0.25, 0.3) is 0 Å². The largest absolute Gasteiger partial charge is 0.458 e. The van der Waals surface area contributed by atoms with E-state index in [0.29, 0.717) is 50.9 Å². The Balaban J connectivity index is 1.16. The zero-order chi connectivity index (χ0) is 46.7. The minimum atomic E-state index is -1.78. The summed E-state index contributed by atoms with van der Waals surface area (Å²) in [6.45, 7) is 6.79. The highest BCUT2D eigenvalue weighted by Crippen LogP contribution is 2.74. The van der Waals surface area contributed by atoms with Crippen LogP contribution in [0.5, 0.6) is 0 Å². The van der Waals surface area contributed by atoms with Gasteiger partial charge < -0.3 is 24.8 Å². The number of hydrogen-bond donors (Lipinski definition) is 5. The highest BCUT2D eigenvalue weighted by molar-refractivity contribution is 8.76. The van der Waals surface area contributed by atoms with E-state index in [2.05, 4.69) is 97.2 Å². The van der Waals surface area contributed by atoms with Crippen molar-refractivity contribution in [3.8, 4) is 11.8 Å². The van der Waals surface area contributed by atoms with E-state index in [1.54, 1.807) is 0 Å². The van der Waals surface area contributed by atoms with Crippen LogP contribution in [0.25, 0.3) is 0 Å². The number of aliphatic hydroxyl groups is 3. The summed E-state index contributed by atoms with van der Waals surface area (Å²) >= 11 is 0. The van der Waals surface area contributed by atoms with Gasteiger partial charge in [0.15, 0.2) is 5.72 Å². The van der Waals surface area contributed by atoms with Crippen molar-refractivity contribution >= 4 is 33.5 Å². The van der Waals surface area contributed by atoms with Crippen LogP contribution in [0.1, 0.15) is 128 Å². The molecule has 0 aromatic heterocycles. The third-order valence-electron chi connectivity index (χ3n) is 19.1. The summed E-state index contributed by atoms with van der Waals surface area (Å²) in [5.74, 6) is 8.93. The molecule has 0 amide bonds. The number of carbonyl (C=O) groups is 2. The second kappa shape index (κ2) is 18.7. The number of benzene rings is 2. The van der Waals surface area contributed by atoms with Crippen LogP contribution < -0.4 is 10.9 Å². The predicted molar refractivity (Wildman–Crippen MR) is 265 cm³/mol. The van der Waals surface area contributed by atoms with E-state index in [-0.39, 0.29) is 55.1 Å². The van der Waals surface area contributed by atoms with Gasteiger partial charge in [-0.25, -0.2) is 10.2 Å². The molecule has 0 unspecified atom stereocenters. The second-order valence-corrected chi connectivity index (χ2v) is 25.7. The summed E-state index contributed by atoms with van der Waals surface area (Å²) in [7, 11) is 3.84. The molecule has 4 heterocycles. The summed E-state index contributed by atoms with van der Waals surface area (Å²) in [5.41, 5.74) is 3.42. The molecular formula is C56H74N2O7S2. The molecule has 5 N–H and O–H groups in total. The molecule has 362 valence electrons. The van der Waals surface area contributed by atoms with Crippen LogP contribution >= 0.6 is 21.6 Å². The van der Waals surface area contributed by atoms with Gasteiger partial charge in [0, 0.05) is 42.4 Å². The lowest BCUT2D eigenvalue weighted by atomic mass is 9.34. The van der Waals surface area contributed by atoms with Crippen molar-refractivity contribution in [2.75, 3.05) is 18.1 Å². The van der Waals surface area contributed by atoms with E-state index >= 15 is 4.79 Å². The first kappa shape index (κ1) is 47.8. The van der Waals surface area contributed by atoms with Gasteiger partial charge in [-0.15, -0.1) is 5.92 Å². The van der Waals surface area contributed by atoms with E-state index < -0.39 is 57.1 Å². The summed E-state index contributed by atoms with van der Waals surface area (Å²) in [6, 6.07) is 21.5. The molecule has 2 aromatic rings. The third kappa shape index (κ3) is 8.26. The van der Waals surface area contributed by atoms with Crippen molar-refractivity contribution in [1.82, 2.24) is 10.9 Å². The molecule has 2 spiro atoms. The molecule has 11 heteroatoms. The van der Waals surface area contributed by atoms with Crippen molar-refractivity contribution < 1.29 is 34.4 Å². The Hall–Kier alpha value is -2.82. The maximum atomic E-state index is 16.3. The van der Waals surface area contributed by atoms with Crippen molar-refractivity contribution in [2.24, 2.45) is 57.2 Å². The molecule has 6 fully saturated rings. The molecule has 2 saturated heterocycles. The van der Waals surface area contributed by atoms with Gasteiger partial charge in [0.1, 0.15) is 6.61 Å². The number of aliphatic hydroxyl groups excluding tert-OH is 2. The maximum absolute atomic E-state index is 16.3. The standard InChI is InChI=1S/C56H74N2O7S2/c1-37-18-21-46(59)56-47(60)23-26-52(3)44-16-10-17-45(44)57-58-54(49(52)56)36-51(2,55(56,63)27-22-41-31-48(61)64-33-41)24-11-25-53(50(62)65-54)32-40(29-38-12-6-4-7-13-38)19-20-43(53)35-67-66-34-42(28-37)30-39-14-8-5-9-15-39/h4-9,12-15,31,37,40,42-47,49,57-60,63H,10,16-23,25-30,32-36H2,1-3H3/t37-,40-,42+,43+,44+,45+,46-,47+,49-,51+,52+,53-,54-,55-,56+/m1/s1. The molecule has 4 saturated carbocycles. The van der Waals surface area contributed by atoms with Crippen LogP contribution in [0.4, 0.5) is 0 Å². The summed E-state index contributed by atoms with van der Waals surface area (Å²) in [6.07, 6.45) is 10.6. The van der Waals surface area contributed by atoms with Gasteiger partial charge in [-0.1, -0.05) is 108 Å². The maximum Gasteiger partial charge on any atom is 0.331 e. The van der Waals surface area contributed by atoms with E-state index in [9.17, 15) is 20.1 Å². The molecule has 10 rings (SSSR count). The van der Waals surface area contributed by atoms with Gasteiger partial charge in [0.2, 0.25) is 0 Å². The number of hydrazine groups is 1. The summed E-state index contributed by atoms with van der Waals surface area (Å²) < 4.78 is 13.0. The summed E-state index contributed by atoms with van der Waals surface area (Å²) in [4.78, 5) is 28.8. The van der Waals surface area contributed by atoms with Gasteiger partial charge >= 0.3 is 11.9 Å². The molecule has 67 heavy (non-hydrogen) atoms. The number of rotatable bonds is 7. The first-order chi connectivity index (χ1) is 32.2. The van der Waals surface area contributed by atoms with Crippen LogP contribution in [0, 0.1) is 69.0 Å². The van der Waals surface area contributed by atoms with Gasteiger partial charge in [-0.05, 0) is 149 Å². The Kier molecular flexibility index (Phi) is 13.4. The fourth-order valence-electron chi connectivity index (χ4n) is 16.1. The average Bonchev–Trinajstić information content (AvgIpc) is 3.96. The number of cyclic esters (lactones) is 1. The van der Waals surface area contributed by atoms with Crippen LogP contribution in [-0.2, 0) is 31.9 Å². The molecule has 4 aliphatic heterocycles. The van der Waals surface area contributed by atoms with Crippen LogP contribution in [-0.4, -0.2) is 74.9 Å². The fourth-order valence-corrected chi connectivity index (χ4v) is 19.1. The number of fused-ring (bicyclic) bond motifs is 4. The van der Waals surface area contributed by atoms with E-state index in [1.165, 1.54) is 17.2 Å². The smallest absolute Gasteiger partial charge is 0.331 e. The molecule has 4 aliphatic carbocycles. The van der Waals surface area contributed by atoms with Crippen LogP contribution in [0.2, 0.25) is 0 Å². The lowest BCUT2D eigenvalue weighted by Crippen LogP contribution is -2.84. The predicted octanol–water partition coefficient (Wildman–Crippen LogP) is 9.14. The fraction of sp³-hybridized carbons (Fsp3) is 0.679. The first-order valence-corrected chi connectivity index (χ1v) is 28.3. The van der Waals surface area contributed by atoms with E-state index in [1.807, 2.05) is 28.5 Å². The van der Waals surface area contributed by atoms with E-state index in [0.717, 1.165) is 68.4 Å². The molecule has 9 nitrogen and oxygen atoms in total. The van der Waals surface area contributed by atoms with Gasteiger partial charge in [-0.2, -0.15) is 0 Å². The number of esters is 2. The molecule has 2 aromatic carbocycles. The molecule has 15 atom stereocenters. The number of carbonyl (C=O) groups excluding carboxylic acids is 2. The minimum Gasteiger partial charge on any atom is -0.458 e. The Morgan fingerprint density at radius 2 is 1.57 bits per heavy atom. The monoisotopic (exact) mass is 950 g/mol. The normalized spacial score (nSPS) is 44.2. The zero-order valence-electron chi connectivity index (χ0n) is 40.0. The topological polar surface area (TPSA) is 137 Å². The lowest BCUT2D eigenvalue weighted by Gasteiger charge is -2.73. The minimum absolute atomic E-state index is 0.00526. The highest BCUT2D eigenvalue weighted by atomic mass is 33.1. The van der Waals surface area contributed by atoms with E-state index in [4.69, 9.17) is 9.47 Å². The molecule has 4 bridgehead atoms.